The first kappa shape index (κ1) is 20.0. The molecular weight excluding hydrogens is 351 g/mol. The second-order valence-electron chi connectivity index (χ2n) is 3.32. The van der Waals surface area contributed by atoms with Crippen LogP contribution in [0.5, 0.6) is 0 Å². The molecule has 15 heteroatoms. The summed E-state index contributed by atoms with van der Waals surface area (Å²) in [6.07, 6.45) is -28.2. The minimum absolute atomic E-state index is 1.34. The summed E-state index contributed by atoms with van der Waals surface area (Å²) in [7, 11) is 0. The fourth-order valence-corrected chi connectivity index (χ4v) is 0.647. The molecule has 0 heterocycles. The molecular formula is C6HF13O2. The zero-order valence-corrected chi connectivity index (χ0v) is 8.77. The first-order chi connectivity index (χ1) is 8.71. The van der Waals surface area contributed by atoms with E-state index in [4.69, 9.17) is 5.11 Å². The van der Waals surface area contributed by atoms with Crippen LogP contribution in [0.2, 0.25) is 0 Å². The zero-order valence-electron chi connectivity index (χ0n) is 8.77. The summed E-state index contributed by atoms with van der Waals surface area (Å²) >= 11 is 0. The number of ether oxygens (including phenoxy) is 1. The van der Waals surface area contributed by atoms with Gasteiger partial charge in [0.1, 0.15) is 0 Å². The number of hydrogen-bond acceptors (Lipinski definition) is 2. The predicted octanol–water partition coefficient (Wildman–Crippen LogP) is 3.61. The maximum absolute atomic E-state index is 12.4. The van der Waals surface area contributed by atoms with Gasteiger partial charge in [-0.2, -0.15) is 57.1 Å². The third-order valence-electron chi connectivity index (χ3n) is 1.72. The van der Waals surface area contributed by atoms with Crippen LogP contribution >= 0.6 is 0 Å². The highest BCUT2D eigenvalue weighted by atomic mass is 19.4. The fourth-order valence-electron chi connectivity index (χ4n) is 0.647. The molecule has 0 rings (SSSR count). The van der Waals surface area contributed by atoms with Crippen molar-refractivity contribution in [2.75, 3.05) is 0 Å². The van der Waals surface area contributed by atoms with Crippen molar-refractivity contribution in [1.29, 1.82) is 0 Å². The summed E-state index contributed by atoms with van der Waals surface area (Å²) in [5.74, 6) is -15.3. The van der Waals surface area contributed by atoms with Crippen LogP contribution in [0, 0.1) is 0 Å². The summed E-state index contributed by atoms with van der Waals surface area (Å²) in [4.78, 5) is 0. The van der Waals surface area contributed by atoms with Crippen molar-refractivity contribution in [3.63, 3.8) is 0 Å². The van der Waals surface area contributed by atoms with Crippen molar-refractivity contribution in [1.82, 2.24) is 0 Å². The van der Waals surface area contributed by atoms with E-state index in [-0.39, 0.29) is 0 Å². The Bertz CT molecular complexity index is 377. The first-order valence-corrected chi connectivity index (χ1v) is 4.09. The van der Waals surface area contributed by atoms with Gasteiger partial charge >= 0.3 is 36.3 Å². The average molecular weight is 352 g/mol. The molecule has 2 nitrogen and oxygen atoms in total. The topological polar surface area (TPSA) is 29.5 Å². The molecule has 1 N–H and O–H groups in total. The van der Waals surface area contributed by atoms with Gasteiger partial charge in [-0.3, -0.25) is 0 Å². The van der Waals surface area contributed by atoms with Crippen LogP contribution in [-0.4, -0.2) is 41.5 Å². The van der Waals surface area contributed by atoms with E-state index in [1.165, 1.54) is 4.74 Å². The summed E-state index contributed by atoms with van der Waals surface area (Å²) in [6, 6.07) is 0. The molecule has 0 radical (unpaired) electrons. The van der Waals surface area contributed by atoms with Gasteiger partial charge in [0, 0.05) is 0 Å². The van der Waals surface area contributed by atoms with E-state index in [0.29, 0.717) is 0 Å². The molecule has 0 aromatic carbocycles. The number of halogens is 13. The summed E-state index contributed by atoms with van der Waals surface area (Å²) < 4.78 is 157. The Kier molecular flexibility index (Phi) is 4.53. The van der Waals surface area contributed by atoms with Crippen molar-refractivity contribution >= 4 is 0 Å². The fraction of sp³-hybridized carbons (Fsp3) is 1.00. The van der Waals surface area contributed by atoms with E-state index in [9.17, 15) is 57.1 Å². The Morgan fingerprint density at radius 2 is 0.857 bits per heavy atom. The number of alkyl halides is 13. The number of rotatable bonds is 5. The van der Waals surface area contributed by atoms with Gasteiger partial charge in [0.2, 0.25) is 0 Å². The Morgan fingerprint density at radius 3 is 1.10 bits per heavy atom. The zero-order chi connectivity index (χ0) is 17.7. The molecule has 0 bridgehead atoms. The quantitative estimate of drug-likeness (QED) is 0.767. The highest BCUT2D eigenvalue weighted by molar-refractivity contribution is 4.97. The predicted molar refractivity (Wildman–Crippen MR) is 34.1 cm³/mol. The standard InChI is InChI=1S/C6HF13O2/c7-1(8,3(11,12)13)2(9,10)5(16,17)21-6(18,19)4(14,15)20/h20H. The highest BCUT2D eigenvalue weighted by Gasteiger charge is 2.84. The normalized spacial score (nSPS) is 16.3. The second kappa shape index (κ2) is 4.76. The Hall–Kier alpha value is -0.990. The molecule has 0 atom stereocenters. The van der Waals surface area contributed by atoms with Crippen LogP contribution in [0.1, 0.15) is 0 Å². The van der Waals surface area contributed by atoms with E-state index in [1.807, 2.05) is 0 Å². The molecule has 0 aliphatic heterocycles. The maximum Gasteiger partial charge on any atom is 0.460 e. The lowest BCUT2D eigenvalue weighted by Crippen LogP contribution is -2.64. The van der Waals surface area contributed by atoms with E-state index in [1.54, 1.807) is 0 Å². The lowest BCUT2D eigenvalue weighted by Gasteiger charge is -2.35. The van der Waals surface area contributed by atoms with Gasteiger partial charge in [0.15, 0.2) is 0 Å². The van der Waals surface area contributed by atoms with E-state index < -0.39 is 36.3 Å². The minimum atomic E-state index is -7.69. The molecule has 0 fully saturated rings. The Labute approximate surface area is 105 Å². The van der Waals surface area contributed by atoms with Crippen molar-refractivity contribution in [3.05, 3.63) is 0 Å². The molecule has 128 valence electrons. The molecule has 21 heavy (non-hydrogen) atoms. The summed E-state index contributed by atoms with van der Waals surface area (Å²) in [5.41, 5.74) is 0. The summed E-state index contributed by atoms with van der Waals surface area (Å²) in [6.45, 7) is 0. The maximum atomic E-state index is 12.4. The Balaban J connectivity index is 5.71. The second-order valence-corrected chi connectivity index (χ2v) is 3.32. The van der Waals surface area contributed by atoms with Crippen LogP contribution < -0.4 is 0 Å². The van der Waals surface area contributed by atoms with Crippen molar-refractivity contribution in [2.45, 2.75) is 36.3 Å². The van der Waals surface area contributed by atoms with Gasteiger partial charge in [0.25, 0.3) is 0 Å². The van der Waals surface area contributed by atoms with Gasteiger partial charge < -0.3 is 5.11 Å². The lowest BCUT2D eigenvalue weighted by molar-refractivity contribution is -0.521. The average Bonchev–Trinajstić information content (AvgIpc) is 2.11. The smallest absolute Gasteiger partial charge is 0.329 e. The monoisotopic (exact) mass is 352 g/mol. The molecule has 0 saturated carbocycles. The molecule has 0 saturated heterocycles. The third kappa shape index (κ3) is 3.27. The third-order valence-corrected chi connectivity index (χ3v) is 1.72. The van der Waals surface area contributed by atoms with Crippen LogP contribution in [0.15, 0.2) is 0 Å². The van der Waals surface area contributed by atoms with Gasteiger partial charge in [-0.1, -0.05) is 0 Å². The molecule has 0 amide bonds. The molecule has 0 aliphatic carbocycles. The summed E-state index contributed by atoms with van der Waals surface area (Å²) in [5, 5.41) is 7.34. The first-order valence-electron chi connectivity index (χ1n) is 4.09. The number of aliphatic hydroxyl groups is 1. The van der Waals surface area contributed by atoms with Crippen molar-refractivity contribution in [3.8, 4) is 0 Å². The largest absolute Gasteiger partial charge is 0.460 e. The molecule has 0 spiro atoms. The van der Waals surface area contributed by atoms with Gasteiger partial charge in [-0.15, -0.1) is 0 Å². The van der Waals surface area contributed by atoms with Crippen LogP contribution in [0.4, 0.5) is 57.1 Å². The Morgan fingerprint density at radius 1 is 0.524 bits per heavy atom. The van der Waals surface area contributed by atoms with Gasteiger partial charge in [-0.25, -0.2) is 4.74 Å². The minimum Gasteiger partial charge on any atom is -0.329 e. The van der Waals surface area contributed by atoms with Crippen LogP contribution in [0.3, 0.4) is 0 Å². The molecule has 0 aliphatic rings. The van der Waals surface area contributed by atoms with Crippen LogP contribution in [-0.2, 0) is 4.74 Å². The highest BCUT2D eigenvalue weighted by Crippen LogP contribution is 2.55. The van der Waals surface area contributed by atoms with Gasteiger partial charge in [-0.05, 0) is 0 Å². The van der Waals surface area contributed by atoms with E-state index >= 15 is 0 Å². The molecule has 0 aromatic rings. The molecule has 0 unspecified atom stereocenters. The molecule has 0 aromatic heterocycles. The number of hydrogen-bond donors (Lipinski definition) is 1. The van der Waals surface area contributed by atoms with Crippen molar-refractivity contribution in [2.24, 2.45) is 0 Å². The van der Waals surface area contributed by atoms with E-state index in [0.717, 1.165) is 0 Å². The van der Waals surface area contributed by atoms with Crippen molar-refractivity contribution < 1.29 is 66.9 Å². The van der Waals surface area contributed by atoms with Gasteiger partial charge in [0.05, 0.1) is 0 Å². The van der Waals surface area contributed by atoms with E-state index in [2.05, 4.69) is 0 Å². The lowest BCUT2D eigenvalue weighted by atomic mass is 10.1. The SMILES string of the molecule is OC(F)(F)C(F)(F)OC(F)(F)C(F)(F)C(F)(F)C(F)(F)F. The van der Waals surface area contributed by atoms with Crippen LogP contribution in [0.25, 0.3) is 0 Å².